The molecule has 0 radical (unpaired) electrons. The maximum absolute atomic E-state index is 11.1. The summed E-state index contributed by atoms with van der Waals surface area (Å²) in [6, 6.07) is 22.4. The zero-order chi connectivity index (χ0) is 20.2. The standard InChI is InChI=1S/C24H26N2O3/c1-17(22-8-4-6-18-5-2-3-7-23(18)22)25-15-21-16-29-14-13-26(21)20-11-9-19(10-12-20)24(27)28/h2-12,17,21,25H,13-16H2,1H3,(H,27,28). The minimum absolute atomic E-state index is 0.192. The summed E-state index contributed by atoms with van der Waals surface area (Å²) < 4.78 is 5.73. The minimum atomic E-state index is -0.902. The van der Waals surface area contributed by atoms with Gasteiger partial charge < -0.3 is 20.1 Å². The normalized spacial score (nSPS) is 18.0. The number of benzene rings is 3. The Labute approximate surface area is 170 Å². The molecule has 150 valence electrons. The highest BCUT2D eigenvalue weighted by molar-refractivity contribution is 5.88. The molecule has 2 atom stereocenters. The third-order valence-corrected chi connectivity index (χ3v) is 5.62. The lowest BCUT2D eigenvalue weighted by Crippen LogP contribution is -2.50. The average molecular weight is 390 g/mol. The first-order chi connectivity index (χ1) is 14.1. The van der Waals surface area contributed by atoms with Crippen LogP contribution in [0.3, 0.4) is 0 Å². The molecule has 0 bridgehead atoms. The molecule has 0 spiro atoms. The van der Waals surface area contributed by atoms with Crippen molar-refractivity contribution in [1.82, 2.24) is 5.32 Å². The summed E-state index contributed by atoms with van der Waals surface area (Å²) in [5.74, 6) is -0.902. The highest BCUT2D eigenvalue weighted by atomic mass is 16.5. The Bertz CT molecular complexity index is 982. The number of rotatable bonds is 6. The van der Waals surface area contributed by atoms with Crippen molar-refractivity contribution in [3.8, 4) is 0 Å². The monoisotopic (exact) mass is 390 g/mol. The minimum Gasteiger partial charge on any atom is -0.478 e. The summed E-state index contributed by atoms with van der Waals surface area (Å²) in [4.78, 5) is 13.4. The summed E-state index contributed by atoms with van der Waals surface area (Å²) in [6.07, 6.45) is 0. The van der Waals surface area contributed by atoms with E-state index in [2.05, 4.69) is 59.6 Å². The van der Waals surface area contributed by atoms with E-state index < -0.39 is 5.97 Å². The lowest BCUT2D eigenvalue weighted by Gasteiger charge is -2.38. The molecule has 1 fully saturated rings. The number of hydrogen-bond acceptors (Lipinski definition) is 4. The molecule has 3 aromatic rings. The third-order valence-electron chi connectivity index (χ3n) is 5.62. The van der Waals surface area contributed by atoms with E-state index in [0.29, 0.717) is 18.8 Å². The quantitative estimate of drug-likeness (QED) is 0.664. The highest BCUT2D eigenvalue weighted by Crippen LogP contribution is 2.25. The van der Waals surface area contributed by atoms with Crippen molar-refractivity contribution >= 4 is 22.4 Å². The number of carbonyl (C=O) groups is 1. The van der Waals surface area contributed by atoms with E-state index in [1.165, 1.54) is 16.3 Å². The number of anilines is 1. The Morgan fingerprint density at radius 1 is 1.14 bits per heavy atom. The van der Waals surface area contributed by atoms with Gasteiger partial charge in [0, 0.05) is 24.8 Å². The van der Waals surface area contributed by atoms with Gasteiger partial charge in [-0.1, -0.05) is 42.5 Å². The summed E-state index contributed by atoms with van der Waals surface area (Å²) in [7, 11) is 0. The van der Waals surface area contributed by atoms with Gasteiger partial charge in [-0.05, 0) is 47.5 Å². The van der Waals surface area contributed by atoms with E-state index in [0.717, 1.165) is 18.8 Å². The van der Waals surface area contributed by atoms with Gasteiger partial charge in [0.05, 0.1) is 24.8 Å². The van der Waals surface area contributed by atoms with E-state index >= 15 is 0 Å². The van der Waals surface area contributed by atoms with Gasteiger partial charge in [-0.2, -0.15) is 0 Å². The maximum atomic E-state index is 11.1. The first-order valence-electron chi connectivity index (χ1n) is 10.0. The molecule has 1 saturated heterocycles. The fraction of sp³-hybridized carbons (Fsp3) is 0.292. The number of fused-ring (bicyclic) bond motifs is 1. The molecule has 1 aliphatic rings. The lowest BCUT2D eigenvalue weighted by molar-refractivity contribution is 0.0696. The largest absolute Gasteiger partial charge is 0.478 e. The molecule has 4 rings (SSSR count). The van der Waals surface area contributed by atoms with E-state index in [-0.39, 0.29) is 12.1 Å². The van der Waals surface area contributed by atoms with Gasteiger partial charge in [0.15, 0.2) is 0 Å². The van der Waals surface area contributed by atoms with Crippen LogP contribution in [-0.2, 0) is 4.74 Å². The Morgan fingerprint density at radius 3 is 2.69 bits per heavy atom. The van der Waals surface area contributed by atoms with E-state index in [1.54, 1.807) is 12.1 Å². The fourth-order valence-electron chi connectivity index (χ4n) is 4.01. The Morgan fingerprint density at radius 2 is 1.90 bits per heavy atom. The molecule has 2 unspecified atom stereocenters. The third kappa shape index (κ3) is 4.26. The Kier molecular flexibility index (Phi) is 5.79. The van der Waals surface area contributed by atoms with Crippen LogP contribution < -0.4 is 10.2 Å². The maximum Gasteiger partial charge on any atom is 0.335 e. The number of aromatic carboxylic acids is 1. The van der Waals surface area contributed by atoms with Gasteiger partial charge in [0.1, 0.15) is 0 Å². The molecule has 3 aromatic carbocycles. The molecule has 0 saturated carbocycles. The number of morpholine rings is 1. The molecular formula is C24H26N2O3. The van der Waals surface area contributed by atoms with Gasteiger partial charge in [-0.3, -0.25) is 0 Å². The predicted molar refractivity (Wildman–Crippen MR) is 116 cm³/mol. The SMILES string of the molecule is CC(NCC1COCCN1c1ccc(C(=O)O)cc1)c1cccc2ccccc12. The number of nitrogens with one attached hydrogen (secondary N) is 1. The highest BCUT2D eigenvalue weighted by Gasteiger charge is 2.24. The molecule has 29 heavy (non-hydrogen) atoms. The number of carboxylic acids is 1. The fourth-order valence-corrected chi connectivity index (χ4v) is 4.01. The smallest absolute Gasteiger partial charge is 0.335 e. The zero-order valence-electron chi connectivity index (χ0n) is 16.5. The number of ether oxygens (including phenoxy) is 1. The molecule has 5 nitrogen and oxygen atoms in total. The molecule has 1 heterocycles. The van der Waals surface area contributed by atoms with Crippen molar-refractivity contribution < 1.29 is 14.6 Å². The molecule has 0 aromatic heterocycles. The number of nitrogens with zero attached hydrogens (tertiary/aromatic N) is 1. The van der Waals surface area contributed by atoms with Crippen LogP contribution in [-0.4, -0.2) is 43.4 Å². The lowest BCUT2D eigenvalue weighted by atomic mass is 9.99. The van der Waals surface area contributed by atoms with Crippen LogP contribution in [0.2, 0.25) is 0 Å². The summed E-state index contributed by atoms with van der Waals surface area (Å²) in [6.45, 7) is 5.09. The molecule has 2 N–H and O–H groups in total. The second kappa shape index (κ2) is 8.64. The van der Waals surface area contributed by atoms with Gasteiger partial charge in [-0.25, -0.2) is 4.79 Å². The van der Waals surface area contributed by atoms with Crippen LogP contribution in [0.4, 0.5) is 5.69 Å². The van der Waals surface area contributed by atoms with Gasteiger partial charge in [-0.15, -0.1) is 0 Å². The van der Waals surface area contributed by atoms with E-state index in [4.69, 9.17) is 9.84 Å². The van der Waals surface area contributed by atoms with Crippen LogP contribution in [0, 0.1) is 0 Å². The Balaban J connectivity index is 1.47. The zero-order valence-corrected chi connectivity index (χ0v) is 16.5. The molecule has 0 amide bonds. The van der Waals surface area contributed by atoms with Crippen molar-refractivity contribution in [3.05, 3.63) is 77.9 Å². The molecule has 0 aliphatic carbocycles. The van der Waals surface area contributed by atoms with Crippen molar-refractivity contribution in [2.45, 2.75) is 19.0 Å². The second-order valence-corrected chi connectivity index (χ2v) is 7.47. The topological polar surface area (TPSA) is 61.8 Å². The van der Waals surface area contributed by atoms with E-state index in [9.17, 15) is 4.79 Å². The van der Waals surface area contributed by atoms with Gasteiger partial charge in [0.25, 0.3) is 0 Å². The van der Waals surface area contributed by atoms with Crippen LogP contribution in [0.15, 0.2) is 66.7 Å². The molecule has 5 heteroatoms. The van der Waals surface area contributed by atoms with Gasteiger partial charge in [0.2, 0.25) is 0 Å². The van der Waals surface area contributed by atoms with Crippen LogP contribution in [0.1, 0.15) is 28.9 Å². The first kappa shape index (κ1) is 19.4. The van der Waals surface area contributed by atoms with Crippen molar-refractivity contribution in [3.63, 3.8) is 0 Å². The van der Waals surface area contributed by atoms with Crippen LogP contribution >= 0.6 is 0 Å². The van der Waals surface area contributed by atoms with Crippen LogP contribution in [0.5, 0.6) is 0 Å². The second-order valence-electron chi connectivity index (χ2n) is 7.47. The van der Waals surface area contributed by atoms with Crippen molar-refractivity contribution in [2.75, 3.05) is 31.2 Å². The van der Waals surface area contributed by atoms with Gasteiger partial charge >= 0.3 is 5.97 Å². The summed E-state index contributed by atoms with van der Waals surface area (Å²) in [5.41, 5.74) is 2.63. The summed E-state index contributed by atoms with van der Waals surface area (Å²) >= 11 is 0. The van der Waals surface area contributed by atoms with Crippen LogP contribution in [0.25, 0.3) is 10.8 Å². The van der Waals surface area contributed by atoms with E-state index in [1.807, 2.05) is 12.1 Å². The first-order valence-corrected chi connectivity index (χ1v) is 10.0. The molecule has 1 aliphatic heterocycles. The average Bonchev–Trinajstić information content (AvgIpc) is 2.77. The van der Waals surface area contributed by atoms with Crippen molar-refractivity contribution in [1.29, 1.82) is 0 Å². The summed E-state index contributed by atoms with van der Waals surface area (Å²) in [5, 5.41) is 15.3. The number of hydrogen-bond donors (Lipinski definition) is 2. The van der Waals surface area contributed by atoms with Crippen molar-refractivity contribution in [2.24, 2.45) is 0 Å². The number of carboxylic acid groups (broad SMARTS) is 1. The predicted octanol–water partition coefficient (Wildman–Crippen LogP) is 4.09. The molecular weight excluding hydrogens is 364 g/mol. The Hall–Kier alpha value is -2.89.